The summed E-state index contributed by atoms with van der Waals surface area (Å²) in [6.07, 6.45) is 2.67. The summed E-state index contributed by atoms with van der Waals surface area (Å²) in [6.45, 7) is 2.99. The maximum absolute atomic E-state index is 11.3. The molecule has 2 unspecified atom stereocenters. The number of carboxylic acids is 1. The van der Waals surface area contributed by atoms with Crippen molar-refractivity contribution in [2.24, 2.45) is 0 Å². The Morgan fingerprint density at radius 3 is 3.00 bits per heavy atom. The minimum atomic E-state index is -0.694. The van der Waals surface area contributed by atoms with E-state index in [1.54, 1.807) is 0 Å². The zero-order valence-electron chi connectivity index (χ0n) is 10.5. The van der Waals surface area contributed by atoms with Crippen molar-refractivity contribution in [1.82, 2.24) is 4.90 Å². The summed E-state index contributed by atoms with van der Waals surface area (Å²) in [5.41, 5.74) is 1.19. The summed E-state index contributed by atoms with van der Waals surface area (Å²) >= 11 is 3.48. The average Bonchev–Trinajstić information content (AvgIpc) is 2.79. The lowest BCUT2D eigenvalue weighted by Gasteiger charge is -2.30. The SMILES string of the molecule is CCC(c1cccc(Br)c1)N1CCCC1C(=O)O. The molecule has 2 atom stereocenters. The van der Waals surface area contributed by atoms with Crippen molar-refractivity contribution >= 4 is 21.9 Å². The molecule has 0 amide bonds. The smallest absolute Gasteiger partial charge is 0.320 e. The molecule has 0 radical (unpaired) electrons. The quantitative estimate of drug-likeness (QED) is 0.926. The standard InChI is InChI=1S/C14H18BrNO2/c1-2-12(10-5-3-6-11(15)9-10)16-8-4-7-13(16)14(17)18/h3,5-6,9,12-13H,2,4,7-8H2,1H3,(H,17,18). The van der Waals surface area contributed by atoms with Gasteiger partial charge >= 0.3 is 5.97 Å². The molecule has 4 heteroatoms. The predicted octanol–water partition coefficient (Wildman–Crippen LogP) is 3.45. The molecule has 98 valence electrons. The monoisotopic (exact) mass is 311 g/mol. The molecule has 0 aliphatic carbocycles. The molecule has 18 heavy (non-hydrogen) atoms. The number of halogens is 1. The fourth-order valence-corrected chi connectivity index (χ4v) is 3.22. The van der Waals surface area contributed by atoms with Crippen molar-refractivity contribution in [1.29, 1.82) is 0 Å². The molecule has 3 nitrogen and oxygen atoms in total. The van der Waals surface area contributed by atoms with E-state index in [2.05, 4.69) is 39.9 Å². The van der Waals surface area contributed by atoms with E-state index in [9.17, 15) is 9.90 Å². The molecule has 1 N–H and O–H groups in total. The highest BCUT2D eigenvalue weighted by molar-refractivity contribution is 9.10. The first-order valence-corrected chi connectivity index (χ1v) is 7.16. The molecular weight excluding hydrogens is 294 g/mol. The van der Waals surface area contributed by atoms with Crippen LogP contribution in [0.2, 0.25) is 0 Å². The summed E-state index contributed by atoms with van der Waals surface area (Å²) < 4.78 is 1.05. The van der Waals surface area contributed by atoms with Crippen molar-refractivity contribution in [2.75, 3.05) is 6.54 Å². The van der Waals surface area contributed by atoms with Gasteiger partial charge in [0.15, 0.2) is 0 Å². The van der Waals surface area contributed by atoms with Crippen LogP contribution in [0, 0.1) is 0 Å². The van der Waals surface area contributed by atoms with Gasteiger partial charge < -0.3 is 5.11 Å². The number of rotatable bonds is 4. The Morgan fingerprint density at radius 1 is 1.61 bits per heavy atom. The van der Waals surface area contributed by atoms with Crippen LogP contribution in [0.15, 0.2) is 28.7 Å². The Bertz CT molecular complexity index is 436. The van der Waals surface area contributed by atoms with Gasteiger partial charge in [-0.1, -0.05) is 35.0 Å². The van der Waals surface area contributed by atoms with Crippen LogP contribution >= 0.6 is 15.9 Å². The summed E-state index contributed by atoms with van der Waals surface area (Å²) in [4.78, 5) is 13.4. The van der Waals surface area contributed by atoms with Gasteiger partial charge in [0.2, 0.25) is 0 Å². The predicted molar refractivity (Wildman–Crippen MR) is 74.5 cm³/mol. The second-order valence-electron chi connectivity index (χ2n) is 4.71. The normalized spacial score (nSPS) is 22.0. The van der Waals surface area contributed by atoms with Crippen molar-refractivity contribution in [2.45, 2.75) is 38.3 Å². The maximum Gasteiger partial charge on any atom is 0.320 e. The molecule has 1 aromatic carbocycles. The van der Waals surface area contributed by atoms with Crippen LogP contribution in [-0.4, -0.2) is 28.6 Å². The van der Waals surface area contributed by atoms with Crippen LogP contribution in [-0.2, 0) is 4.79 Å². The zero-order valence-corrected chi connectivity index (χ0v) is 12.1. The van der Waals surface area contributed by atoms with E-state index in [0.29, 0.717) is 0 Å². The Hall–Kier alpha value is -0.870. The molecule has 0 saturated carbocycles. The first-order valence-electron chi connectivity index (χ1n) is 6.37. The number of aliphatic carboxylic acids is 1. The number of carbonyl (C=O) groups is 1. The maximum atomic E-state index is 11.3. The van der Waals surface area contributed by atoms with Gasteiger partial charge in [-0.05, 0) is 43.5 Å². The van der Waals surface area contributed by atoms with E-state index in [1.165, 1.54) is 5.56 Å². The molecule has 1 heterocycles. The first-order chi connectivity index (χ1) is 8.63. The topological polar surface area (TPSA) is 40.5 Å². The number of carboxylic acid groups (broad SMARTS) is 1. The summed E-state index contributed by atoms with van der Waals surface area (Å²) in [7, 11) is 0. The van der Waals surface area contributed by atoms with Gasteiger partial charge in [-0.2, -0.15) is 0 Å². The Labute approximate surface area is 116 Å². The number of benzene rings is 1. The van der Waals surface area contributed by atoms with Gasteiger partial charge in [0.1, 0.15) is 6.04 Å². The highest BCUT2D eigenvalue weighted by atomic mass is 79.9. The molecule has 1 aliphatic rings. The van der Waals surface area contributed by atoms with Gasteiger partial charge in [-0.15, -0.1) is 0 Å². The molecule has 0 aromatic heterocycles. The summed E-state index contributed by atoms with van der Waals surface area (Å²) in [5.74, 6) is -0.694. The number of nitrogens with zero attached hydrogens (tertiary/aromatic N) is 1. The lowest BCUT2D eigenvalue weighted by Crippen LogP contribution is -2.38. The third-order valence-electron chi connectivity index (χ3n) is 3.60. The number of hydrogen-bond acceptors (Lipinski definition) is 2. The van der Waals surface area contributed by atoms with Gasteiger partial charge in [0, 0.05) is 10.5 Å². The highest BCUT2D eigenvalue weighted by Gasteiger charge is 2.35. The van der Waals surface area contributed by atoms with E-state index < -0.39 is 5.97 Å². The molecule has 1 fully saturated rings. The fraction of sp³-hybridized carbons (Fsp3) is 0.500. The van der Waals surface area contributed by atoms with E-state index in [1.807, 2.05) is 12.1 Å². The summed E-state index contributed by atoms with van der Waals surface area (Å²) in [6, 6.07) is 8.05. The van der Waals surface area contributed by atoms with E-state index >= 15 is 0 Å². The lowest BCUT2D eigenvalue weighted by atomic mass is 10.0. The van der Waals surface area contributed by atoms with Gasteiger partial charge in [0.25, 0.3) is 0 Å². The third kappa shape index (κ3) is 2.75. The van der Waals surface area contributed by atoms with Crippen LogP contribution < -0.4 is 0 Å². The molecule has 2 rings (SSSR count). The summed E-state index contributed by atoms with van der Waals surface area (Å²) in [5, 5.41) is 9.28. The third-order valence-corrected chi connectivity index (χ3v) is 4.09. The van der Waals surface area contributed by atoms with Crippen LogP contribution in [0.25, 0.3) is 0 Å². The van der Waals surface area contributed by atoms with Gasteiger partial charge in [-0.25, -0.2) is 0 Å². The lowest BCUT2D eigenvalue weighted by molar-refractivity contribution is -0.143. The van der Waals surface area contributed by atoms with Gasteiger partial charge in [-0.3, -0.25) is 9.69 Å². The van der Waals surface area contributed by atoms with E-state index in [0.717, 1.165) is 30.3 Å². The van der Waals surface area contributed by atoms with Crippen molar-refractivity contribution in [3.63, 3.8) is 0 Å². The number of hydrogen-bond donors (Lipinski definition) is 1. The second kappa shape index (κ2) is 5.85. The largest absolute Gasteiger partial charge is 0.480 e. The molecule has 1 aliphatic heterocycles. The number of likely N-dealkylation sites (tertiary alicyclic amines) is 1. The fourth-order valence-electron chi connectivity index (χ4n) is 2.80. The first kappa shape index (κ1) is 13.6. The van der Waals surface area contributed by atoms with E-state index in [-0.39, 0.29) is 12.1 Å². The Kier molecular flexibility index (Phi) is 4.40. The average molecular weight is 312 g/mol. The molecule has 1 saturated heterocycles. The van der Waals surface area contributed by atoms with Crippen molar-refractivity contribution < 1.29 is 9.90 Å². The minimum absolute atomic E-state index is 0.200. The van der Waals surface area contributed by atoms with Crippen LogP contribution in [0.5, 0.6) is 0 Å². The molecule has 0 spiro atoms. The van der Waals surface area contributed by atoms with Crippen molar-refractivity contribution in [3.05, 3.63) is 34.3 Å². The van der Waals surface area contributed by atoms with Crippen LogP contribution in [0.3, 0.4) is 0 Å². The van der Waals surface area contributed by atoms with Crippen LogP contribution in [0.1, 0.15) is 37.8 Å². The molecule has 1 aromatic rings. The molecular formula is C14H18BrNO2. The van der Waals surface area contributed by atoms with Crippen molar-refractivity contribution in [3.8, 4) is 0 Å². The van der Waals surface area contributed by atoms with E-state index in [4.69, 9.17) is 0 Å². The van der Waals surface area contributed by atoms with Crippen LogP contribution in [0.4, 0.5) is 0 Å². The highest BCUT2D eigenvalue weighted by Crippen LogP contribution is 2.32. The second-order valence-corrected chi connectivity index (χ2v) is 5.63. The van der Waals surface area contributed by atoms with Gasteiger partial charge in [0.05, 0.1) is 0 Å². The zero-order chi connectivity index (χ0) is 13.1. The Morgan fingerprint density at radius 2 is 2.39 bits per heavy atom. The Balaban J connectivity index is 2.25. The molecule has 0 bridgehead atoms. The minimum Gasteiger partial charge on any atom is -0.480 e.